The molecular formula is C9H4I3NO5. The highest BCUT2D eigenvalue weighted by Gasteiger charge is 2.27. The molecule has 0 saturated heterocycles. The minimum Gasteiger partial charge on any atom is -0.478 e. The molecular weight excluding hydrogens is 583 g/mol. The number of carbonyl (C=O) groups is 3. The third kappa shape index (κ3) is 2.87. The van der Waals surface area contributed by atoms with Gasteiger partial charge in [-0.3, -0.25) is 4.79 Å². The zero-order valence-corrected chi connectivity index (χ0v) is 14.8. The lowest BCUT2D eigenvalue weighted by atomic mass is 10.1. The Labute approximate surface area is 142 Å². The fourth-order valence-electron chi connectivity index (χ4n) is 1.23. The summed E-state index contributed by atoms with van der Waals surface area (Å²) in [6.45, 7) is 0. The molecule has 9 heteroatoms. The number of carbonyl (C=O) groups excluding carboxylic acids is 1. The maximum atomic E-state index is 11.2. The maximum Gasteiger partial charge on any atom is 0.337 e. The molecule has 1 aromatic rings. The quantitative estimate of drug-likeness (QED) is 0.372. The van der Waals surface area contributed by atoms with Crippen molar-refractivity contribution in [1.29, 1.82) is 0 Å². The number of carboxylic acid groups (broad SMARTS) is 2. The average molecular weight is 587 g/mol. The SMILES string of the molecule is O=CNc1c(I)c(C(=O)O)c(I)c(C(=O)O)c1I. The Hall–Kier alpha value is -0.180. The van der Waals surface area contributed by atoms with Crippen LogP contribution in [-0.4, -0.2) is 28.6 Å². The molecule has 0 aliphatic heterocycles. The van der Waals surface area contributed by atoms with Crippen LogP contribution < -0.4 is 5.32 Å². The number of rotatable bonds is 4. The molecule has 6 nitrogen and oxygen atoms in total. The number of hydrogen-bond donors (Lipinski definition) is 3. The Morgan fingerprint density at radius 2 is 1.33 bits per heavy atom. The fourth-order valence-corrected chi connectivity index (χ4v) is 5.63. The van der Waals surface area contributed by atoms with Crippen molar-refractivity contribution in [3.05, 3.63) is 21.8 Å². The summed E-state index contributed by atoms with van der Waals surface area (Å²) in [6.07, 6.45) is 0.379. The number of aromatic carboxylic acids is 2. The van der Waals surface area contributed by atoms with Gasteiger partial charge in [-0.25, -0.2) is 9.59 Å². The van der Waals surface area contributed by atoms with Crippen molar-refractivity contribution < 1.29 is 24.6 Å². The molecule has 3 N–H and O–H groups in total. The van der Waals surface area contributed by atoms with E-state index in [4.69, 9.17) is 10.2 Å². The van der Waals surface area contributed by atoms with Crippen LogP contribution in [0.3, 0.4) is 0 Å². The van der Waals surface area contributed by atoms with Crippen LogP contribution in [-0.2, 0) is 4.79 Å². The molecule has 18 heavy (non-hydrogen) atoms. The first kappa shape index (κ1) is 15.9. The third-order valence-corrected chi connectivity index (χ3v) is 5.18. The number of hydrogen-bond acceptors (Lipinski definition) is 3. The first-order valence-electron chi connectivity index (χ1n) is 4.20. The van der Waals surface area contributed by atoms with Crippen LogP contribution in [0.2, 0.25) is 0 Å². The summed E-state index contributed by atoms with van der Waals surface area (Å²) in [7, 11) is 0. The van der Waals surface area contributed by atoms with Gasteiger partial charge < -0.3 is 15.5 Å². The Kier molecular flexibility index (Phi) is 5.57. The molecule has 1 aromatic carbocycles. The van der Waals surface area contributed by atoms with Crippen LogP contribution in [0.25, 0.3) is 0 Å². The topological polar surface area (TPSA) is 104 Å². The largest absolute Gasteiger partial charge is 0.478 e. The van der Waals surface area contributed by atoms with Crippen molar-refractivity contribution in [1.82, 2.24) is 0 Å². The van der Waals surface area contributed by atoms with Crippen molar-refractivity contribution in [3.8, 4) is 0 Å². The number of nitrogens with one attached hydrogen (secondary N) is 1. The normalized spacial score (nSPS) is 9.94. The molecule has 1 rings (SSSR count). The van der Waals surface area contributed by atoms with Crippen LogP contribution in [0.1, 0.15) is 20.7 Å². The monoisotopic (exact) mass is 587 g/mol. The zero-order valence-electron chi connectivity index (χ0n) is 8.33. The predicted molar refractivity (Wildman–Crippen MR) is 88.2 cm³/mol. The van der Waals surface area contributed by atoms with E-state index < -0.39 is 11.9 Å². The van der Waals surface area contributed by atoms with Gasteiger partial charge in [0.25, 0.3) is 0 Å². The second-order valence-electron chi connectivity index (χ2n) is 2.94. The standard InChI is InChI=1S/C9H4I3NO5/c10-4-2(8(15)16)5(11)7(13-1-14)6(12)3(4)9(17)18/h1H,(H,13,14)(H,15,16)(H,17,18). The van der Waals surface area contributed by atoms with Gasteiger partial charge in [0.1, 0.15) is 0 Å². The molecule has 1 amide bonds. The van der Waals surface area contributed by atoms with Gasteiger partial charge in [0.2, 0.25) is 6.41 Å². The van der Waals surface area contributed by atoms with Gasteiger partial charge in [-0.15, -0.1) is 0 Å². The molecule has 0 unspecified atom stereocenters. The van der Waals surface area contributed by atoms with Crippen LogP contribution in [0.5, 0.6) is 0 Å². The molecule has 0 spiro atoms. The lowest BCUT2D eigenvalue weighted by molar-refractivity contribution is -0.105. The Morgan fingerprint density at radius 3 is 1.61 bits per heavy atom. The average Bonchev–Trinajstić information content (AvgIpc) is 2.23. The molecule has 0 aliphatic carbocycles. The molecule has 0 radical (unpaired) electrons. The van der Waals surface area contributed by atoms with E-state index >= 15 is 0 Å². The highest BCUT2D eigenvalue weighted by molar-refractivity contribution is 14.1. The van der Waals surface area contributed by atoms with Crippen LogP contribution in [0.4, 0.5) is 5.69 Å². The molecule has 0 aliphatic rings. The number of anilines is 1. The maximum absolute atomic E-state index is 11.2. The second kappa shape index (κ2) is 6.31. The minimum absolute atomic E-state index is 0.127. The van der Waals surface area contributed by atoms with Gasteiger partial charge in [-0.05, 0) is 67.8 Å². The van der Waals surface area contributed by atoms with Crippen molar-refractivity contribution in [2.45, 2.75) is 0 Å². The summed E-state index contributed by atoms with van der Waals surface area (Å²) in [6, 6.07) is 0. The summed E-state index contributed by atoms with van der Waals surface area (Å²) >= 11 is 5.21. The van der Waals surface area contributed by atoms with E-state index in [-0.39, 0.29) is 20.4 Å². The van der Waals surface area contributed by atoms with E-state index in [0.29, 0.717) is 13.6 Å². The molecule has 0 fully saturated rings. The van der Waals surface area contributed by atoms with E-state index in [1.54, 1.807) is 67.8 Å². The summed E-state index contributed by atoms with van der Waals surface area (Å²) in [5.41, 5.74) is -0.0573. The number of halogens is 3. The van der Waals surface area contributed by atoms with Gasteiger partial charge in [-0.2, -0.15) is 0 Å². The molecule has 0 aromatic heterocycles. The van der Waals surface area contributed by atoms with Crippen LogP contribution in [0.15, 0.2) is 0 Å². The van der Waals surface area contributed by atoms with Gasteiger partial charge in [0, 0.05) is 3.57 Å². The summed E-state index contributed by atoms with van der Waals surface area (Å²) in [5.74, 6) is -2.48. The van der Waals surface area contributed by atoms with E-state index in [1.807, 2.05) is 0 Å². The van der Waals surface area contributed by atoms with E-state index in [9.17, 15) is 14.4 Å². The Morgan fingerprint density at radius 1 is 0.944 bits per heavy atom. The van der Waals surface area contributed by atoms with Crippen LogP contribution in [0, 0.1) is 10.7 Å². The van der Waals surface area contributed by atoms with E-state index in [0.717, 1.165) is 0 Å². The Balaban J connectivity index is 3.81. The van der Waals surface area contributed by atoms with Crippen molar-refractivity contribution in [3.63, 3.8) is 0 Å². The second-order valence-corrected chi connectivity index (χ2v) is 6.18. The van der Waals surface area contributed by atoms with E-state index in [2.05, 4.69) is 5.32 Å². The van der Waals surface area contributed by atoms with Crippen molar-refractivity contribution in [2.75, 3.05) is 5.32 Å². The van der Waals surface area contributed by atoms with Gasteiger partial charge >= 0.3 is 11.9 Å². The smallest absolute Gasteiger partial charge is 0.337 e. The fraction of sp³-hybridized carbons (Fsp3) is 0. The molecule has 96 valence electrons. The number of carboxylic acids is 2. The van der Waals surface area contributed by atoms with Gasteiger partial charge in [0.05, 0.1) is 24.0 Å². The third-order valence-electron chi connectivity index (χ3n) is 1.95. The number of benzene rings is 1. The first-order chi connectivity index (χ1) is 8.32. The zero-order chi connectivity index (χ0) is 14.0. The van der Waals surface area contributed by atoms with Gasteiger partial charge in [0.15, 0.2) is 0 Å². The van der Waals surface area contributed by atoms with Crippen molar-refractivity contribution in [2.24, 2.45) is 0 Å². The van der Waals surface area contributed by atoms with Gasteiger partial charge in [-0.1, -0.05) is 0 Å². The lowest BCUT2D eigenvalue weighted by Crippen LogP contribution is -2.15. The van der Waals surface area contributed by atoms with Crippen LogP contribution >= 0.6 is 67.8 Å². The highest BCUT2D eigenvalue weighted by atomic mass is 127. The summed E-state index contributed by atoms with van der Waals surface area (Å²) < 4.78 is 0.731. The first-order valence-corrected chi connectivity index (χ1v) is 7.43. The minimum atomic E-state index is -1.24. The Bertz CT molecular complexity index is 517. The summed E-state index contributed by atoms with van der Waals surface area (Å²) in [4.78, 5) is 32.8. The molecule has 0 heterocycles. The van der Waals surface area contributed by atoms with E-state index in [1.165, 1.54) is 0 Å². The van der Waals surface area contributed by atoms with Crippen molar-refractivity contribution >= 4 is 91.8 Å². The molecule has 0 atom stereocenters. The summed E-state index contributed by atoms with van der Waals surface area (Å²) in [5, 5.41) is 20.6. The molecule has 0 bridgehead atoms. The predicted octanol–water partition coefficient (Wildman–Crippen LogP) is 2.47. The number of amides is 1. The molecule has 0 saturated carbocycles. The highest BCUT2D eigenvalue weighted by Crippen LogP contribution is 2.35. The lowest BCUT2D eigenvalue weighted by Gasteiger charge is -2.14.